The summed E-state index contributed by atoms with van der Waals surface area (Å²) in [6.07, 6.45) is 15.6. The van der Waals surface area contributed by atoms with Crippen LogP contribution < -0.4 is 0 Å². The van der Waals surface area contributed by atoms with Gasteiger partial charge in [0.05, 0.1) is 0 Å². The molecule has 4 rings (SSSR count). The lowest BCUT2D eigenvalue weighted by Gasteiger charge is -2.59. The second kappa shape index (κ2) is 9.04. The largest absolute Gasteiger partial charge is 0.309 e. The van der Waals surface area contributed by atoms with E-state index in [4.69, 9.17) is 5.41 Å². The van der Waals surface area contributed by atoms with E-state index < -0.39 is 0 Å². The van der Waals surface area contributed by atoms with Crippen molar-refractivity contribution in [3.8, 4) is 0 Å². The average Bonchev–Trinajstić information content (AvgIpc) is 2.98. The fourth-order valence-electron chi connectivity index (χ4n) is 7.60. The summed E-state index contributed by atoms with van der Waals surface area (Å²) in [7, 11) is 4.17. The molecule has 0 aliphatic heterocycles. The van der Waals surface area contributed by atoms with Gasteiger partial charge in [-0.2, -0.15) is 0 Å². The van der Waals surface area contributed by atoms with Crippen LogP contribution in [0.4, 0.5) is 0 Å². The van der Waals surface area contributed by atoms with Gasteiger partial charge >= 0.3 is 0 Å². The summed E-state index contributed by atoms with van der Waals surface area (Å²) in [5, 5.41) is 7.35. The number of nitrogens with zero attached hydrogens (tertiary/aromatic N) is 1. The first-order valence-corrected chi connectivity index (χ1v) is 12.1. The van der Waals surface area contributed by atoms with Crippen LogP contribution in [0.25, 0.3) is 0 Å². The Balaban J connectivity index is 0.000000353. The normalized spacial score (nSPS) is 42.6. The van der Waals surface area contributed by atoms with Gasteiger partial charge in [0.25, 0.3) is 0 Å². The Morgan fingerprint density at radius 3 is 2.45 bits per heavy atom. The van der Waals surface area contributed by atoms with Gasteiger partial charge in [0.2, 0.25) is 0 Å². The SMILES string of the molecule is CCCN(C)C.C[C@]12CC/C(=C\C=N)CC1CCC1C2CC[C@]2(C)C(=O)CCC12. The predicted molar refractivity (Wildman–Crippen MR) is 122 cm³/mol. The molecule has 4 unspecified atom stereocenters. The third-order valence-corrected chi connectivity index (χ3v) is 9.26. The maximum absolute atomic E-state index is 12.5. The van der Waals surface area contributed by atoms with Gasteiger partial charge in [0.15, 0.2) is 0 Å². The molecule has 3 nitrogen and oxygen atoms in total. The number of Topliss-reactive ketones (excluding diaryl/α,β-unsaturated/α-hetero) is 1. The molecule has 4 saturated carbocycles. The van der Waals surface area contributed by atoms with Gasteiger partial charge in [0, 0.05) is 18.1 Å². The van der Waals surface area contributed by atoms with E-state index in [1.54, 1.807) is 0 Å². The van der Waals surface area contributed by atoms with Crippen LogP contribution in [-0.2, 0) is 4.79 Å². The van der Waals surface area contributed by atoms with Crippen molar-refractivity contribution in [2.24, 2.45) is 34.5 Å². The molecule has 0 saturated heterocycles. The monoisotopic (exact) mass is 400 g/mol. The zero-order valence-corrected chi connectivity index (χ0v) is 19.6. The number of hydrogen-bond acceptors (Lipinski definition) is 3. The highest BCUT2D eigenvalue weighted by molar-refractivity contribution is 5.87. The first kappa shape index (κ1) is 22.7. The van der Waals surface area contributed by atoms with E-state index in [-0.39, 0.29) is 5.41 Å². The molecule has 3 heteroatoms. The lowest BCUT2D eigenvalue weighted by molar-refractivity contribution is -0.137. The zero-order valence-electron chi connectivity index (χ0n) is 19.6. The predicted octanol–water partition coefficient (Wildman–Crippen LogP) is 6.13. The van der Waals surface area contributed by atoms with Crippen molar-refractivity contribution in [1.29, 1.82) is 5.41 Å². The lowest BCUT2D eigenvalue weighted by atomic mass is 9.45. The topological polar surface area (TPSA) is 44.2 Å². The van der Waals surface area contributed by atoms with E-state index in [0.29, 0.717) is 17.1 Å². The Labute approximate surface area is 179 Å². The Morgan fingerprint density at radius 2 is 1.83 bits per heavy atom. The van der Waals surface area contributed by atoms with Crippen LogP contribution in [0.3, 0.4) is 0 Å². The highest BCUT2D eigenvalue weighted by atomic mass is 16.1. The summed E-state index contributed by atoms with van der Waals surface area (Å²) in [6.45, 7) is 8.23. The van der Waals surface area contributed by atoms with E-state index >= 15 is 0 Å². The average molecular weight is 401 g/mol. The van der Waals surface area contributed by atoms with Crippen molar-refractivity contribution in [3.05, 3.63) is 11.6 Å². The first-order chi connectivity index (χ1) is 13.8. The van der Waals surface area contributed by atoms with Crippen LogP contribution in [0.2, 0.25) is 0 Å². The highest BCUT2D eigenvalue weighted by Crippen LogP contribution is 2.65. The van der Waals surface area contributed by atoms with Gasteiger partial charge in [-0.25, -0.2) is 0 Å². The molecule has 0 bridgehead atoms. The number of nitrogens with one attached hydrogen (secondary N) is 1. The molecule has 0 aromatic rings. The van der Waals surface area contributed by atoms with E-state index in [2.05, 4.69) is 39.8 Å². The molecular weight excluding hydrogens is 356 g/mol. The fraction of sp³-hybridized carbons (Fsp3) is 0.846. The van der Waals surface area contributed by atoms with E-state index in [1.807, 2.05) is 6.08 Å². The highest BCUT2D eigenvalue weighted by Gasteiger charge is 2.59. The van der Waals surface area contributed by atoms with Crippen molar-refractivity contribution in [1.82, 2.24) is 4.90 Å². The summed E-state index contributed by atoms with van der Waals surface area (Å²) in [6, 6.07) is 0. The number of allylic oxidation sites excluding steroid dienone is 2. The van der Waals surface area contributed by atoms with Crippen LogP contribution in [0.1, 0.15) is 85.0 Å². The smallest absolute Gasteiger partial charge is 0.139 e. The Morgan fingerprint density at radius 1 is 1.07 bits per heavy atom. The van der Waals surface area contributed by atoms with Crippen molar-refractivity contribution in [2.75, 3.05) is 20.6 Å². The Bertz CT molecular complexity index is 639. The van der Waals surface area contributed by atoms with Crippen molar-refractivity contribution in [2.45, 2.75) is 85.0 Å². The number of ketones is 1. The van der Waals surface area contributed by atoms with Crippen molar-refractivity contribution in [3.63, 3.8) is 0 Å². The molecule has 4 aliphatic carbocycles. The number of carbonyl (C=O) groups is 1. The van der Waals surface area contributed by atoms with Gasteiger partial charge < -0.3 is 10.3 Å². The molecule has 4 fully saturated rings. The second-order valence-corrected chi connectivity index (χ2v) is 11.1. The minimum Gasteiger partial charge on any atom is -0.309 e. The van der Waals surface area contributed by atoms with Gasteiger partial charge in [-0.3, -0.25) is 4.79 Å². The fourth-order valence-corrected chi connectivity index (χ4v) is 7.60. The van der Waals surface area contributed by atoms with E-state index in [0.717, 1.165) is 37.0 Å². The summed E-state index contributed by atoms with van der Waals surface area (Å²) in [4.78, 5) is 14.6. The second-order valence-electron chi connectivity index (χ2n) is 11.1. The standard InChI is InChI=1S/C21H31NO.C5H13N/c1-20-10-7-14(9-12-22)13-15(20)3-4-16-17-5-6-19(23)21(17,2)11-8-18(16)20;1-4-5-6(2)3/h9,12,15-18,22H,3-8,10-11,13H2,1-2H3;4-5H2,1-3H3/b14-9+,22-12?;/t15?,16?,17?,18?,20-,21-;/m0./s1. The number of fused-ring (bicyclic) bond motifs is 5. The van der Waals surface area contributed by atoms with Gasteiger partial charge in [-0.05, 0) is 114 Å². The van der Waals surface area contributed by atoms with Crippen LogP contribution in [0, 0.1) is 39.9 Å². The molecule has 1 N–H and O–H groups in total. The molecule has 0 radical (unpaired) electrons. The summed E-state index contributed by atoms with van der Waals surface area (Å²) >= 11 is 0. The Hall–Kier alpha value is -0.960. The van der Waals surface area contributed by atoms with Crippen LogP contribution in [0.5, 0.6) is 0 Å². The third kappa shape index (κ3) is 4.27. The molecule has 0 amide bonds. The van der Waals surface area contributed by atoms with Gasteiger partial charge in [-0.1, -0.05) is 26.3 Å². The van der Waals surface area contributed by atoms with Crippen molar-refractivity contribution >= 4 is 12.0 Å². The van der Waals surface area contributed by atoms with Crippen molar-refractivity contribution < 1.29 is 4.79 Å². The van der Waals surface area contributed by atoms with Gasteiger partial charge in [0.1, 0.15) is 5.78 Å². The number of hydrogen-bond donors (Lipinski definition) is 1. The minimum atomic E-state index is 0.0181. The first-order valence-electron chi connectivity index (χ1n) is 12.1. The molecule has 6 atom stereocenters. The quantitative estimate of drug-likeness (QED) is 0.579. The molecular formula is C26H44N2O. The summed E-state index contributed by atoms with van der Waals surface area (Å²) < 4.78 is 0. The molecule has 0 spiro atoms. The van der Waals surface area contributed by atoms with Crippen LogP contribution in [-0.4, -0.2) is 37.5 Å². The lowest BCUT2D eigenvalue weighted by Crippen LogP contribution is -2.53. The summed E-state index contributed by atoms with van der Waals surface area (Å²) in [5.74, 6) is 3.68. The molecule has 4 aliphatic rings. The number of rotatable bonds is 3. The van der Waals surface area contributed by atoms with Crippen LogP contribution >= 0.6 is 0 Å². The maximum atomic E-state index is 12.5. The molecule has 0 aromatic carbocycles. The van der Waals surface area contributed by atoms with E-state index in [9.17, 15) is 4.79 Å². The Kier molecular flexibility index (Phi) is 7.08. The van der Waals surface area contributed by atoms with Crippen LogP contribution in [0.15, 0.2) is 11.6 Å². The van der Waals surface area contributed by atoms with E-state index in [1.165, 1.54) is 63.3 Å². The number of carbonyl (C=O) groups excluding carboxylic acids is 1. The molecule has 0 aromatic heterocycles. The molecule has 29 heavy (non-hydrogen) atoms. The summed E-state index contributed by atoms with van der Waals surface area (Å²) in [5.41, 5.74) is 2.00. The van der Waals surface area contributed by atoms with Gasteiger partial charge in [-0.15, -0.1) is 0 Å². The maximum Gasteiger partial charge on any atom is 0.139 e. The molecule has 0 heterocycles. The zero-order chi connectivity index (χ0) is 21.2. The molecule has 164 valence electrons. The minimum absolute atomic E-state index is 0.0181. The third-order valence-electron chi connectivity index (χ3n) is 9.26.